The van der Waals surface area contributed by atoms with E-state index in [0.29, 0.717) is 12.2 Å². The molecule has 0 spiro atoms. The van der Waals surface area contributed by atoms with Gasteiger partial charge in [0.25, 0.3) is 5.56 Å². The van der Waals surface area contributed by atoms with E-state index in [0.717, 1.165) is 16.5 Å². The maximum absolute atomic E-state index is 11.8. The highest BCUT2D eigenvalue weighted by atomic mass is 16.1. The third-order valence-electron chi connectivity index (χ3n) is 2.95. The van der Waals surface area contributed by atoms with Crippen LogP contribution < -0.4 is 11.3 Å². The lowest BCUT2D eigenvalue weighted by atomic mass is 10.1. The summed E-state index contributed by atoms with van der Waals surface area (Å²) in [5, 5.41) is 5.06. The molecule has 0 aliphatic rings. The number of aromatic nitrogens is 3. The summed E-state index contributed by atoms with van der Waals surface area (Å²) in [7, 11) is 0. The van der Waals surface area contributed by atoms with Gasteiger partial charge in [-0.15, -0.1) is 0 Å². The van der Waals surface area contributed by atoms with Gasteiger partial charge in [-0.2, -0.15) is 5.10 Å². The van der Waals surface area contributed by atoms with Gasteiger partial charge < -0.3 is 5.73 Å². The molecule has 0 saturated carbocycles. The van der Waals surface area contributed by atoms with Crippen molar-refractivity contribution in [3.05, 3.63) is 64.7 Å². The molecule has 0 fully saturated rings. The summed E-state index contributed by atoms with van der Waals surface area (Å²) in [5.74, 6) is 0. The van der Waals surface area contributed by atoms with Crippen molar-refractivity contribution in [2.45, 2.75) is 6.54 Å². The summed E-state index contributed by atoms with van der Waals surface area (Å²) in [6.07, 6.45) is 3.21. The average molecular weight is 252 g/mol. The van der Waals surface area contributed by atoms with E-state index >= 15 is 0 Å². The Labute approximate surface area is 109 Å². The zero-order valence-corrected chi connectivity index (χ0v) is 10.2. The maximum Gasteiger partial charge on any atom is 0.269 e. The second-order valence-corrected chi connectivity index (χ2v) is 4.27. The van der Waals surface area contributed by atoms with Crippen LogP contribution in [-0.4, -0.2) is 14.8 Å². The fourth-order valence-corrected chi connectivity index (χ4v) is 2.02. The second-order valence-electron chi connectivity index (χ2n) is 4.27. The van der Waals surface area contributed by atoms with Crippen molar-refractivity contribution in [1.82, 2.24) is 14.8 Å². The minimum absolute atomic E-state index is 0.208. The zero-order chi connectivity index (χ0) is 13.2. The van der Waals surface area contributed by atoms with Crippen LogP contribution in [0.4, 0.5) is 5.69 Å². The Bertz CT molecular complexity index is 789. The quantitative estimate of drug-likeness (QED) is 0.748. The molecule has 0 bridgehead atoms. The SMILES string of the molecule is Nc1cnn(Cc2ccnc3ccccc23)c(=O)c1. The van der Waals surface area contributed by atoms with Gasteiger partial charge in [0.1, 0.15) is 0 Å². The molecule has 2 N–H and O–H groups in total. The highest BCUT2D eigenvalue weighted by Crippen LogP contribution is 2.16. The Hall–Kier alpha value is -2.69. The minimum Gasteiger partial charge on any atom is -0.397 e. The van der Waals surface area contributed by atoms with E-state index in [2.05, 4.69) is 10.1 Å². The molecule has 1 aromatic carbocycles. The van der Waals surface area contributed by atoms with Crippen molar-refractivity contribution >= 4 is 16.6 Å². The summed E-state index contributed by atoms with van der Waals surface area (Å²) >= 11 is 0. The summed E-state index contributed by atoms with van der Waals surface area (Å²) < 4.78 is 1.39. The van der Waals surface area contributed by atoms with Crippen molar-refractivity contribution in [2.24, 2.45) is 0 Å². The molecule has 94 valence electrons. The predicted molar refractivity (Wildman–Crippen MR) is 73.8 cm³/mol. The second kappa shape index (κ2) is 4.53. The number of anilines is 1. The van der Waals surface area contributed by atoms with Gasteiger partial charge in [0.15, 0.2) is 0 Å². The molecule has 0 radical (unpaired) electrons. The number of rotatable bonds is 2. The number of nitrogen functional groups attached to an aromatic ring is 1. The van der Waals surface area contributed by atoms with E-state index in [1.165, 1.54) is 16.9 Å². The first-order valence-electron chi connectivity index (χ1n) is 5.89. The lowest BCUT2D eigenvalue weighted by molar-refractivity contribution is 0.642. The summed E-state index contributed by atoms with van der Waals surface area (Å²) in [4.78, 5) is 16.1. The van der Waals surface area contributed by atoms with Crippen LogP contribution >= 0.6 is 0 Å². The first-order chi connectivity index (χ1) is 9.24. The highest BCUT2D eigenvalue weighted by Gasteiger charge is 2.04. The van der Waals surface area contributed by atoms with Gasteiger partial charge in [-0.1, -0.05) is 18.2 Å². The molecule has 0 amide bonds. The average Bonchev–Trinajstić information content (AvgIpc) is 2.42. The number of pyridine rings is 1. The van der Waals surface area contributed by atoms with Crippen LogP contribution in [0, 0.1) is 0 Å². The molecule has 0 saturated heterocycles. The molecule has 0 aliphatic heterocycles. The van der Waals surface area contributed by atoms with Crippen molar-refractivity contribution in [3.63, 3.8) is 0 Å². The van der Waals surface area contributed by atoms with E-state index in [1.54, 1.807) is 6.20 Å². The molecule has 3 aromatic rings. The molecule has 19 heavy (non-hydrogen) atoms. The molecule has 5 heteroatoms. The third kappa shape index (κ3) is 2.18. The van der Waals surface area contributed by atoms with Gasteiger partial charge in [-0.3, -0.25) is 9.78 Å². The Morgan fingerprint density at radius 3 is 2.89 bits per heavy atom. The van der Waals surface area contributed by atoms with Gasteiger partial charge in [-0.25, -0.2) is 4.68 Å². The van der Waals surface area contributed by atoms with Gasteiger partial charge in [0.2, 0.25) is 0 Å². The van der Waals surface area contributed by atoms with Gasteiger partial charge in [0.05, 0.1) is 23.9 Å². The number of hydrogen-bond acceptors (Lipinski definition) is 4. The molecular formula is C14H12N4O. The monoisotopic (exact) mass is 252 g/mol. The van der Waals surface area contributed by atoms with Crippen molar-refractivity contribution < 1.29 is 0 Å². The van der Waals surface area contributed by atoms with Gasteiger partial charge in [-0.05, 0) is 17.7 Å². The topological polar surface area (TPSA) is 73.8 Å². The number of benzene rings is 1. The van der Waals surface area contributed by atoms with Crippen molar-refractivity contribution in [1.29, 1.82) is 0 Å². The highest BCUT2D eigenvalue weighted by molar-refractivity contribution is 5.81. The lowest BCUT2D eigenvalue weighted by Crippen LogP contribution is -2.23. The molecule has 0 atom stereocenters. The van der Waals surface area contributed by atoms with Crippen LogP contribution in [0.3, 0.4) is 0 Å². The fourth-order valence-electron chi connectivity index (χ4n) is 2.02. The van der Waals surface area contributed by atoms with E-state index in [-0.39, 0.29) is 5.56 Å². The van der Waals surface area contributed by atoms with Gasteiger partial charge in [0, 0.05) is 17.6 Å². The third-order valence-corrected chi connectivity index (χ3v) is 2.95. The van der Waals surface area contributed by atoms with Crippen LogP contribution in [-0.2, 0) is 6.54 Å². The fraction of sp³-hybridized carbons (Fsp3) is 0.0714. The molecule has 5 nitrogen and oxygen atoms in total. The van der Waals surface area contributed by atoms with E-state index in [1.807, 2.05) is 30.3 Å². The molecular weight excluding hydrogens is 240 g/mol. The van der Waals surface area contributed by atoms with E-state index in [4.69, 9.17) is 5.73 Å². The van der Waals surface area contributed by atoms with E-state index < -0.39 is 0 Å². The Balaban J connectivity index is 2.08. The number of hydrogen-bond donors (Lipinski definition) is 1. The molecule has 0 aliphatic carbocycles. The lowest BCUT2D eigenvalue weighted by Gasteiger charge is -2.07. The summed E-state index contributed by atoms with van der Waals surface area (Å²) in [6, 6.07) is 11.1. The molecule has 3 rings (SSSR count). The number of nitrogens with two attached hydrogens (primary N) is 1. The summed E-state index contributed by atoms with van der Waals surface area (Å²) in [5.41, 5.74) is 7.60. The van der Waals surface area contributed by atoms with Crippen LogP contribution in [0.2, 0.25) is 0 Å². The standard InChI is InChI=1S/C14H12N4O/c15-11-7-14(19)18(17-8-11)9-10-5-6-16-13-4-2-1-3-12(10)13/h1-8H,9,15H2. The van der Waals surface area contributed by atoms with E-state index in [9.17, 15) is 4.79 Å². The minimum atomic E-state index is -0.208. The smallest absolute Gasteiger partial charge is 0.269 e. The number of nitrogens with zero attached hydrogens (tertiary/aromatic N) is 3. The number of para-hydroxylation sites is 1. The molecule has 2 aromatic heterocycles. The van der Waals surface area contributed by atoms with Crippen molar-refractivity contribution in [3.8, 4) is 0 Å². The Morgan fingerprint density at radius 2 is 2.05 bits per heavy atom. The number of fused-ring (bicyclic) bond motifs is 1. The van der Waals surface area contributed by atoms with Crippen LogP contribution in [0.15, 0.2) is 53.6 Å². The molecule has 0 unspecified atom stereocenters. The van der Waals surface area contributed by atoms with Crippen LogP contribution in [0.1, 0.15) is 5.56 Å². The molecule has 2 heterocycles. The maximum atomic E-state index is 11.8. The summed E-state index contributed by atoms with van der Waals surface area (Å²) in [6.45, 7) is 0.405. The van der Waals surface area contributed by atoms with Crippen LogP contribution in [0.5, 0.6) is 0 Å². The first kappa shape index (κ1) is 11.4. The van der Waals surface area contributed by atoms with Crippen molar-refractivity contribution in [2.75, 3.05) is 5.73 Å². The predicted octanol–water partition coefficient (Wildman–Crippen LogP) is 1.42. The first-order valence-corrected chi connectivity index (χ1v) is 5.89. The Morgan fingerprint density at radius 1 is 1.21 bits per heavy atom. The van der Waals surface area contributed by atoms with Gasteiger partial charge >= 0.3 is 0 Å². The van der Waals surface area contributed by atoms with Crippen LogP contribution in [0.25, 0.3) is 10.9 Å². The normalized spacial score (nSPS) is 10.7. The Kier molecular flexibility index (Phi) is 2.72. The largest absolute Gasteiger partial charge is 0.397 e. The zero-order valence-electron chi connectivity index (χ0n) is 10.2.